The molecule has 1 saturated heterocycles. The minimum absolute atomic E-state index is 0.0407. The number of likely N-dealkylation sites (tertiary alicyclic amines) is 1. The highest BCUT2D eigenvalue weighted by Gasteiger charge is 2.32. The molecule has 1 aliphatic carbocycles. The summed E-state index contributed by atoms with van der Waals surface area (Å²) in [6, 6.07) is 0. The first-order valence-corrected chi connectivity index (χ1v) is 10.1. The molecule has 0 radical (unpaired) electrons. The molecule has 0 unspecified atom stereocenters. The van der Waals surface area contributed by atoms with Crippen molar-refractivity contribution < 1.29 is 4.79 Å². The van der Waals surface area contributed by atoms with Gasteiger partial charge >= 0.3 is 0 Å². The molecule has 0 spiro atoms. The molecule has 3 heterocycles. The van der Waals surface area contributed by atoms with E-state index in [1.165, 1.54) is 12.8 Å². The van der Waals surface area contributed by atoms with Crippen molar-refractivity contribution in [2.24, 2.45) is 5.92 Å². The van der Waals surface area contributed by atoms with Crippen LogP contribution in [0.4, 0.5) is 0 Å². The molecule has 134 valence electrons. The minimum Gasteiger partial charge on any atom is -0.342 e. The zero-order valence-electron chi connectivity index (χ0n) is 14.9. The number of aromatic nitrogens is 2. The molecule has 1 atom stereocenters. The molecular weight excluding hydrogens is 334 g/mol. The topological polar surface area (TPSA) is 66.1 Å². The largest absolute Gasteiger partial charge is 0.342 e. The van der Waals surface area contributed by atoms with Crippen LogP contribution in [-0.2, 0) is 4.79 Å². The predicted molar refractivity (Wildman–Crippen MR) is 100 cm³/mol. The van der Waals surface area contributed by atoms with Gasteiger partial charge in [0, 0.05) is 29.8 Å². The Labute approximate surface area is 151 Å². The van der Waals surface area contributed by atoms with Gasteiger partial charge in [-0.1, -0.05) is 12.8 Å². The standard InChI is InChI=1S/C19H25N3O2S/c1-11-12(2)25-18-15(11)17(23)20-16(21-18)14-8-5-9-22(10-14)19(24)13-6-3-4-7-13/h13-14H,3-10H2,1-2H3,(H,20,21,23)/t14-/m0/s1. The van der Waals surface area contributed by atoms with Crippen LogP contribution in [0.5, 0.6) is 0 Å². The number of H-pyrrole nitrogens is 1. The molecule has 1 amide bonds. The fourth-order valence-electron chi connectivity index (χ4n) is 4.30. The Kier molecular flexibility index (Phi) is 4.40. The number of aromatic amines is 1. The number of fused-ring (bicyclic) bond motifs is 1. The summed E-state index contributed by atoms with van der Waals surface area (Å²) in [5.41, 5.74) is 0.989. The number of nitrogens with one attached hydrogen (secondary N) is 1. The monoisotopic (exact) mass is 359 g/mol. The van der Waals surface area contributed by atoms with Gasteiger partial charge in [0.15, 0.2) is 0 Å². The molecule has 0 bridgehead atoms. The summed E-state index contributed by atoms with van der Waals surface area (Å²) >= 11 is 1.59. The Balaban J connectivity index is 1.60. The van der Waals surface area contributed by atoms with Crippen LogP contribution < -0.4 is 5.56 Å². The maximum atomic E-state index is 12.7. The summed E-state index contributed by atoms with van der Waals surface area (Å²) in [7, 11) is 0. The molecule has 25 heavy (non-hydrogen) atoms. The lowest BCUT2D eigenvalue weighted by Gasteiger charge is -2.33. The second-order valence-corrected chi connectivity index (χ2v) is 8.72. The first-order chi connectivity index (χ1) is 12.0. The fraction of sp³-hybridized carbons (Fsp3) is 0.632. The number of hydrogen-bond donors (Lipinski definition) is 1. The van der Waals surface area contributed by atoms with Gasteiger partial charge in [0.25, 0.3) is 5.56 Å². The summed E-state index contributed by atoms with van der Waals surface area (Å²) < 4.78 is 0. The number of nitrogens with zero attached hydrogens (tertiary/aromatic N) is 2. The van der Waals surface area contributed by atoms with Crippen molar-refractivity contribution in [3.63, 3.8) is 0 Å². The second kappa shape index (κ2) is 6.56. The van der Waals surface area contributed by atoms with E-state index in [9.17, 15) is 9.59 Å². The summed E-state index contributed by atoms with van der Waals surface area (Å²) in [5.74, 6) is 1.42. The van der Waals surface area contributed by atoms with Crippen LogP contribution >= 0.6 is 11.3 Å². The van der Waals surface area contributed by atoms with Crippen LogP contribution in [-0.4, -0.2) is 33.9 Å². The molecule has 1 N–H and O–H groups in total. The SMILES string of the molecule is Cc1sc2nc([C@H]3CCCN(C(=O)C4CCCC4)C3)[nH]c(=O)c2c1C. The summed E-state index contributed by atoms with van der Waals surface area (Å²) in [4.78, 5) is 37.0. The highest BCUT2D eigenvalue weighted by molar-refractivity contribution is 7.18. The molecular formula is C19H25N3O2S. The van der Waals surface area contributed by atoms with Crippen molar-refractivity contribution in [3.05, 3.63) is 26.6 Å². The van der Waals surface area contributed by atoms with E-state index < -0.39 is 0 Å². The van der Waals surface area contributed by atoms with Crippen LogP contribution in [0.1, 0.15) is 60.7 Å². The van der Waals surface area contributed by atoms with Gasteiger partial charge < -0.3 is 9.88 Å². The Morgan fingerprint density at radius 1 is 1.20 bits per heavy atom. The molecule has 2 aliphatic rings. The van der Waals surface area contributed by atoms with Crippen LogP contribution in [0.25, 0.3) is 10.2 Å². The molecule has 6 heteroatoms. The van der Waals surface area contributed by atoms with E-state index in [0.29, 0.717) is 12.5 Å². The van der Waals surface area contributed by atoms with Crippen molar-refractivity contribution in [1.29, 1.82) is 0 Å². The van der Waals surface area contributed by atoms with E-state index in [4.69, 9.17) is 4.98 Å². The third-order valence-corrected chi connectivity index (χ3v) is 6.98. The molecule has 2 aromatic rings. The van der Waals surface area contributed by atoms with E-state index in [1.807, 2.05) is 18.7 Å². The third kappa shape index (κ3) is 3.01. The number of thiophene rings is 1. The summed E-state index contributed by atoms with van der Waals surface area (Å²) in [6.45, 7) is 5.54. The van der Waals surface area contributed by atoms with E-state index in [0.717, 1.165) is 58.7 Å². The molecule has 0 aromatic carbocycles. The predicted octanol–water partition coefficient (Wildman–Crippen LogP) is 3.50. The second-order valence-electron chi connectivity index (χ2n) is 7.52. The minimum atomic E-state index is -0.0407. The third-order valence-electron chi connectivity index (χ3n) is 5.88. The number of carbonyl (C=O) groups excluding carboxylic acids is 1. The van der Waals surface area contributed by atoms with Crippen LogP contribution in [0.15, 0.2) is 4.79 Å². The number of aryl methyl sites for hydroxylation is 2. The summed E-state index contributed by atoms with van der Waals surface area (Å²) in [5, 5.41) is 0.723. The van der Waals surface area contributed by atoms with Crippen molar-refractivity contribution in [1.82, 2.24) is 14.9 Å². The van der Waals surface area contributed by atoms with Crippen molar-refractivity contribution in [2.75, 3.05) is 13.1 Å². The molecule has 4 rings (SSSR count). The van der Waals surface area contributed by atoms with Gasteiger partial charge in [-0.2, -0.15) is 0 Å². The average Bonchev–Trinajstić information content (AvgIpc) is 3.23. The van der Waals surface area contributed by atoms with Gasteiger partial charge in [-0.25, -0.2) is 4.98 Å². The van der Waals surface area contributed by atoms with E-state index in [-0.39, 0.29) is 17.4 Å². The number of hydrogen-bond acceptors (Lipinski definition) is 4. The lowest BCUT2D eigenvalue weighted by atomic mass is 9.95. The molecule has 1 aliphatic heterocycles. The number of rotatable bonds is 2. The van der Waals surface area contributed by atoms with Gasteiger partial charge in [-0.15, -0.1) is 11.3 Å². The molecule has 2 aromatic heterocycles. The maximum Gasteiger partial charge on any atom is 0.259 e. The first kappa shape index (κ1) is 16.8. The fourth-order valence-corrected chi connectivity index (χ4v) is 5.33. The smallest absolute Gasteiger partial charge is 0.259 e. The van der Waals surface area contributed by atoms with Gasteiger partial charge in [0.05, 0.1) is 5.39 Å². The Morgan fingerprint density at radius 3 is 2.72 bits per heavy atom. The lowest BCUT2D eigenvalue weighted by Crippen LogP contribution is -2.42. The van der Waals surface area contributed by atoms with Crippen LogP contribution in [0.3, 0.4) is 0 Å². The highest BCUT2D eigenvalue weighted by atomic mass is 32.1. The van der Waals surface area contributed by atoms with Gasteiger partial charge in [0.2, 0.25) is 5.91 Å². The van der Waals surface area contributed by atoms with E-state index >= 15 is 0 Å². The summed E-state index contributed by atoms with van der Waals surface area (Å²) in [6.07, 6.45) is 6.38. The van der Waals surface area contributed by atoms with E-state index in [1.54, 1.807) is 11.3 Å². The Morgan fingerprint density at radius 2 is 1.96 bits per heavy atom. The normalized spacial score (nSPS) is 22.0. The van der Waals surface area contributed by atoms with Crippen molar-refractivity contribution in [3.8, 4) is 0 Å². The number of carbonyl (C=O) groups is 1. The van der Waals surface area contributed by atoms with Crippen molar-refractivity contribution in [2.45, 2.75) is 58.3 Å². The average molecular weight is 359 g/mol. The first-order valence-electron chi connectivity index (χ1n) is 9.33. The van der Waals surface area contributed by atoms with Crippen LogP contribution in [0, 0.1) is 19.8 Å². The highest BCUT2D eigenvalue weighted by Crippen LogP contribution is 2.32. The Bertz CT molecular complexity index is 863. The molecule has 2 fully saturated rings. The van der Waals surface area contributed by atoms with Gasteiger partial charge in [-0.3, -0.25) is 9.59 Å². The van der Waals surface area contributed by atoms with E-state index in [2.05, 4.69) is 4.98 Å². The van der Waals surface area contributed by atoms with Gasteiger partial charge in [0.1, 0.15) is 10.7 Å². The molecule has 1 saturated carbocycles. The van der Waals surface area contributed by atoms with Crippen molar-refractivity contribution >= 4 is 27.5 Å². The zero-order valence-corrected chi connectivity index (χ0v) is 15.7. The quantitative estimate of drug-likeness (QED) is 0.892. The maximum absolute atomic E-state index is 12.7. The number of amides is 1. The van der Waals surface area contributed by atoms with Crippen LogP contribution in [0.2, 0.25) is 0 Å². The van der Waals surface area contributed by atoms with Gasteiger partial charge in [-0.05, 0) is 45.1 Å². The number of piperidine rings is 1. The zero-order chi connectivity index (χ0) is 17.6. The Hall–Kier alpha value is -1.69. The molecule has 5 nitrogen and oxygen atoms in total. The lowest BCUT2D eigenvalue weighted by molar-refractivity contribution is -0.136.